The molecule has 1 aromatic rings. The Morgan fingerprint density at radius 1 is 0.897 bits per heavy atom. The van der Waals surface area contributed by atoms with Gasteiger partial charge in [0.25, 0.3) is 0 Å². The van der Waals surface area contributed by atoms with Gasteiger partial charge in [-0.1, -0.05) is 61.8 Å². The van der Waals surface area contributed by atoms with Gasteiger partial charge in [-0.2, -0.15) is 0 Å². The third-order valence-electron chi connectivity index (χ3n) is 9.48. The molecule has 208 valence electrons. The van der Waals surface area contributed by atoms with E-state index < -0.39 is 29.1 Å². The quantitative estimate of drug-likeness (QED) is 0.449. The van der Waals surface area contributed by atoms with E-state index in [0.717, 1.165) is 31.4 Å². The van der Waals surface area contributed by atoms with Crippen LogP contribution >= 0.6 is 0 Å². The minimum atomic E-state index is -1.23. The van der Waals surface area contributed by atoms with Crippen LogP contribution in [0.3, 0.4) is 0 Å². The second-order valence-corrected chi connectivity index (χ2v) is 11.8. The first kappa shape index (κ1) is 26.3. The van der Waals surface area contributed by atoms with E-state index >= 15 is 0 Å². The fraction of sp³-hybridized carbons (Fsp3) is 0.581. The second kappa shape index (κ2) is 10.2. The van der Waals surface area contributed by atoms with Crippen molar-refractivity contribution in [3.63, 3.8) is 0 Å². The van der Waals surface area contributed by atoms with Crippen molar-refractivity contribution in [3.8, 4) is 0 Å². The normalized spacial score (nSPS) is 34.7. The van der Waals surface area contributed by atoms with Crippen molar-refractivity contribution >= 4 is 23.4 Å². The fourth-order valence-electron chi connectivity index (χ4n) is 7.73. The van der Waals surface area contributed by atoms with Crippen molar-refractivity contribution in [2.75, 3.05) is 31.1 Å². The number of likely N-dealkylation sites (tertiary alicyclic amines) is 1. The number of aliphatic hydroxyl groups is 1. The summed E-state index contributed by atoms with van der Waals surface area (Å²) >= 11 is 0. The Morgan fingerprint density at radius 3 is 2.38 bits per heavy atom. The van der Waals surface area contributed by atoms with Gasteiger partial charge in [0.1, 0.15) is 11.6 Å². The van der Waals surface area contributed by atoms with Gasteiger partial charge in [0.05, 0.1) is 17.4 Å². The van der Waals surface area contributed by atoms with Gasteiger partial charge in [0.2, 0.25) is 17.7 Å². The van der Waals surface area contributed by atoms with E-state index in [4.69, 9.17) is 4.74 Å². The lowest BCUT2D eigenvalue weighted by Crippen LogP contribution is -2.57. The van der Waals surface area contributed by atoms with E-state index in [9.17, 15) is 19.5 Å². The average molecular weight is 534 g/mol. The van der Waals surface area contributed by atoms with Crippen molar-refractivity contribution < 1.29 is 24.2 Å². The van der Waals surface area contributed by atoms with E-state index in [0.29, 0.717) is 32.5 Å². The molecule has 3 amide bonds. The summed E-state index contributed by atoms with van der Waals surface area (Å²) in [5, 5.41) is 9.43. The summed E-state index contributed by atoms with van der Waals surface area (Å²) in [6.07, 6.45) is 14.2. The molecule has 4 aliphatic heterocycles. The molecule has 8 nitrogen and oxygen atoms in total. The van der Waals surface area contributed by atoms with Crippen LogP contribution in [0.15, 0.2) is 54.6 Å². The molecule has 3 fully saturated rings. The SMILES string of the molecule is C[C@@]12C=CCN(c3ccccc3)C(=O)[C@@H]1[C@H]1C(=O)N(CCCCO)C3C(=O)N(C4CCCCC4)CC=C[C@@]31O2. The number of aliphatic hydroxyl groups excluding tert-OH is 1. The Labute approximate surface area is 230 Å². The van der Waals surface area contributed by atoms with Gasteiger partial charge in [-0.15, -0.1) is 0 Å². The van der Waals surface area contributed by atoms with Crippen LogP contribution in [0.25, 0.3) is 0 Å². The van der Waals surface area contributed by atoms with Gasteiger partial charge in [-0.05, 0) is 44.7 Å². The summed E-state index contributed by atoms with van der Waals surface area (Å²) in [6, 6.07) is 8.83. The van der Waals surface area contributed by atoms with Crippen LogP contribution in [-0.2, 0) is 19.1 Å². The summed E-state index contributed by atoms with van der Waals surface area (Å²) < 4.78 is 6.92. The van der Waals surface area contributed by atoms with Crippen molar-refractivity contribution in [1.82, 2.24) is 9.80 Å². The van der Waals surface area contributed by atoms with Crippen LogP contribution in [0.5, 0.6) is 0 Å². The molecule has 6 rings (SSSR count). The Hall–Kier alpha value is -2.97. The Morgan fingerprint density at radius 2 is 1.64 bits per heavy atom. The summed E-state index contributed by atoms with van der Waals surface area (Å²) in [6.45, 7) is 3.13. The predicted molar refractivity (Wildman–Crippen MR) is 147 cm³/mol. The zero-order valence-corrected chi connectivity index (χ0v) is 22.7. The van der Waals surface area contributed by atoms with Gasteiger partial charge < -0.3 is 24.5 Å². The van der Waals surface area contributed by atoms with Crippen LogP contribution in [-0.4, -0.2) is 82.2 Å². The van der Waals surface area contributed by atoms with Crippen LogP contribution in [0.1, 0.15) is 51.9 Å². The summed E-state index contributed by atoms with van der Waals surface area (Å²) in [4.78, 5) is 48.5. The number of unbranched alkanes of at least 4 members (excludes halogenated alkanes) is 1. The molecular weight excluding hydrogens is 494 g/mol. The maximum absolute atomic E-state index is 14.4. The molecule has 1 N–H and O–H groups in total. The Balaban J connectivity index is 1.43. The number of ether oxygens (including phenoxy) is 1. The number of rotatable bonds is 6. The molecule has 5 aliphatic rings. The van der Waals surface area contributed by atoms with Gasteiger partial charge in [0, 0.05) is 38.0 Å². The zero-order valence-electron chi connectivity index (χ0n) is 22.7. The molecule has 1 saturated carbocycles. The van der Waals surface area contributed by atoms with Crippen molar-refractivity contribution in [3.05, 3.63) is 54.6 Å². The first-order chi connectivity index (χ1) is 18.9. The van der Waals surface area contributed by atoms with E-state index in [-0.39, 0.29) is 30.4 Å². The maximum Gasteiger partial charge on any atom is 0.249 e. The van der Waals surface area contributed by atoms with E-state index in [1.165, 1.54) is 6.42 Å². The molecule has 39 heavy (non-hydrogen) atoms. The maximum atomic E-state index is 14.4. The molecule has 0 radical (unpaired) electrons. The lowest BCUT2D eigenvalue weighted by molar-refractivity contribution is -0.152. The standard InChI is InChI=1S/C31H39N3O5/c1-30-16-10-19-32(22-12-4-2-5-13-22)27(36)24(30)25-28(37)34(18-8-9-21-35)26-29(38)33(23-14-6-3-7-15-23)20-11-17-31(25,26)39-30/h2,4-5,10-13,16-17,23-26,35H,3,6-9,14-15,18-21H2,1H3/t24-,25-,26?,30+,31-/m0/s1. The molecule has 1 aromatic carbocycles. The largest absolute Gasteiger partial charge is 0.396 e. The van der Waals surface area contributed by atoms with E-state index in [2.05, 4.69) is 0 Å². The summed E-state index contributed by atoms with van der Waals surface area (Å²) in [5.74, 6) is -2.02. The van der Waals surface area contributed by atoms with Crippen LogP contribution in [0.2, 0.25) is 0 Å². The molecular formula is C31H39N3O5. The molecule has 0 aromatic heterocycles. The molecule has 8 heteroatoms. The van der Waals surface area contributed by atoms with Crippen LogP contribution < -0.4 is 4.90 Å². The third kappa shape index (κ3) is 4.14. The topological polar surface area (TPSA) is 90.4 Å². The van der Waals surface area contributed by atoms with Gasteiger partial charge in [-0.3, -0.25) is 14.4 Å². The molecule has 1 spiro atoms. The number of amides is 3. The average Bonchev–Trinajstić information content (AvgIpc) is 3.20. The fourth-order valence-corrected chi connectivity index (χ4v) is 7.73. The molecule has 1 unspecified atom stereocenters. The first-order valence-corrected chi connectivity index (χ1v) is 14.5. The zero-order chi connectivity index (χ0) is 27.2. The second-order valence-electron chi connectivity index (χ2n) is 11.8. The molecule has 1 aliphatic carbocycles. The molecule has 2 saturated heterocycles. The highest BCUT2D eigenvalue weighted by molar-refractivity contribution is 6.04. The number of para-hydroxylation sites is 1. The Kier molecular flexibility index (Phi) is 6.88. The van der Waals surface area contributed by atoms with Crippen molar-refractivity contribution in [1.29, 1.82) is 0 Å². The smallest absolute Gasteiger partial charge is 0.249 e. The van der Waals surface area contributed by atoms with E-state index in [1.54, 1.807) is 9.80 Å². The number of benzene rings is 1. The van der Waals surface area contributed by atoms with E-state index in [1.807, 2.05) is 66.5 Å². The number of hydrogen-bond donors (Lipinski definition) is 1. The Bertz CT molecular complexity index is 1180. The monoisotopic (exact) mass is 533 g/mol. The van der Waals surface area contributed by atoms with Gasteiger partial charge in [0.15, 0.2) is 0 Å². The number of hydrogen-bond acceptors (Lipinski definition) is 5. The van der Waals surface area contributed by atoms with Gasteiger partial charge in [-0.25, -0.2) is 0 Å². The van der Waals surface area contributed by atoms with Crippen molar-refractivity contribution in [2.24, 2.45) is 11.8 Å². The summed E-state index contributed by atoms with van der Waals surface area (Å²) in [5.41, 5.74) is -1.48. The van der Waals surface area contributed by atoms with Crippen LogP contribution in [0, 0.1) is 11.8 Å². The highest BCUT2D eigenvalue weighted by atomic mass is 16.5. The number of fused-ring (bicyclic) bond motifs is 2. The van der Waals surface area contributed by atoms with Crippen molar-refractivity contribution in [2.45, 2.75) is 75.2 Å². The number of nitrogens with zero attached hydrogens (tertiary/aromatic N) is 3. The highest BCUT2D eigenvalue weighted by Crippen LogP contribution is 2.57. The minimum absolute atomic E-state index is 0.0236. The van der Waals surface area contributed by atoms with Gasteiger partial charge >= 0.3 is 0 Å². The lowest BCUT2D eigenvalue weighted by Gasteiger charge is -2.40. The lowest BCUT2D eigenvalue weighted by atomic mass is 9.74. The molecule has 5 atom stereocenters. The molecule has 4 heterocycles. The summed E-state index contributed by atoms with van der Waals surface area (Å²) in [7, 11) is 0. The minimum Gasteiger partial charge on any atom is -0.396 e. The molecule has 0 bridgehead atoms. The number of anilines is 1. The number of carbonyl (C=O) groups is 3. The number of carbonyl (C=O) groups excluding carboxylic acids is 3. The highest BCUT2D eigenvalue weighted by Gasteiger charge is 2.74. The predicted octanol–water partition coefficient (Wildman–Crippen LogP) is 3.06. The van der Waals surface area contributed by atoms with Crippen LogP contribution in [0.4, 0.5) is 5.69 Å². The first-order valence-electron chi connectivity index (χ1n) is 14.5. The third-order valence-corrected chi connectivity index (χ3v) is 9.48.